The second kappa shape index (κ2) is 5.38. The van der Waals surface area contributed by atoms with E-state index in [0.29, 0.717) is 17.8 Å². The minimum atomic E-state index is -4.31. The van der Waals surface area contributed by atoms with E-state index < -0.39 is 24.4 Å². The highest BCUT2D eigenvalue weighted by molar-refractivity contribution is 6.52. The summed E-state index contributed by atoms with van der Waals surface area (Å²) in [5.74, 6) is -1.29. The number of hydrogen-bond acceptors (Lipinski definition) is 3. The van der Waals surface area contributed by atoms with Gasteiger partial charge < -0.3 is 9.80 Å². The minimum Gasteiger partial charge on any atom is -0.363 e. The summed E-state index contributed by atoms with van der Waals surface area (Å²) in [4.78, 5) is 25.6. The van der Waals surface area contributed by atoms with E-state index >= 15 is 0 Å². The Morgan fingerprint density at radius 1 is 1.24 bits per heavy atom. The summed E-state index contributed by atoms with van der Waals surface area (Å²) in [5.41, 5.74) is 0.933. The third kappa shape index (κ3) is 3.01. The first-order valence-electron chi connectivity index (χ1n) is 6.52. The van der Waals surface area contributed by atoms with Crippen molar-refractivity contribution in [2.24, 2.45) is 0 Å². The number of carbonyl (C=O) groups excluding carboxylic acids is 2. The SMILES string of the molecule is CCCN(CC(F)(F)F)c1ccc2c(c1)N(C)C(=O)C2=O. The number of alkyl halides is 3. The molecule has 114 valence electrons. The molecule has 1 amide bonds. The molecule has 0 N–H and O–H groups in total. The van der Waals surface area contributed by atoms with Crippen molar-refractivity contribution in [3.8, 4) is 0 Å². The van der Waals surface area contributed by atoms with Gasteiger partial charge in [0.2, 0.25) is 0 Å². The highest BCUT2D eigenvalue weighted by Crippen LogP contribution is 2.33. The fourth-order valence-electron chi connectivity index (χ4n) is 2.35. The van der Waals surface area contributed by atoms with E-state index in [1.165, 1.54) is 35.0 Å². The van der Waals surface area contributed by atoms with Crippen LogP contribution >= 0.6 is 0 Å². The number of nitrogens with zero attached hydrogens (tertiary/aromatic N) is 2. The molecule has 0 saturated carbocycles. The van der Waals surface area contributed by atoms with Crippen molar-refractivity contribution in [2.45, 2.75) is 19.5 Å². The summed E-state index contributed by atoms with van der Waals surface area (Å²) in [6.45, 7) is 0.963. The summed E-state index contributed by atoms with van der Waals surface area (Å²) >= 11 is 0. The zero-order chi connectivity index (χ0) is 15.8. The molecular weight excluding hydrogens is 285 g/mol. The number of ketones is 1. The van der Waals surface area contributed by atoms with Crippen molar-refractivity contribution < 1.29 is 22.8 Å². The Labute approximate surface area is 120 Å². The van der Waals surface area contributed by atoms with Crippen molar-refractivity contribution >= 4 is 23.1 Å². The number of halogens is 3. The molecule has 0 saturated heterocycles. The summed E-state index contributed by atoms with van der Waals surface area (Å²) < 4.78 is 37.9. The molecule has 1 aromatic carbocycles. The van der Waals surface area contributed by atoms with E-state index in [9.17, 15) is 22.8 Å². The molecule has 1 aromatic rings. The molecule has 1 aliphatic rings. The summed E-state index contributed by atoms with van der Waals surface area (Å²) in [6, 6.07) is 4.32. The molecule has 0 aromatic heterocycles. The van der Waals surface area contributed by atoms with Crippen LogP contribution in [0.25, 0.3) is 0 Å². The third-order valence-electron chi connectivity index (χ3n) is 3.31. The standard InChI is InChI=1S/C14H15F3N2O2/c1-3-6-19(8-14(15,16)17)9-4-5-10-11(7-9)18(2)13(21)12(10)20/h4-5,7H,3,6,8H2,1-2H3. The highest BCUT2D eigenvalue weighted by atomic mass is 19.4. The van der Waals surface area contributed by atoms with Crippen LogP contribution in [0.15, 0.2) is 18.2 Å². The number of Topliss-reactive ketones (excluding diaryl/α,β-unsaturated/α-hetero) is 1. The summed E-state index contributed by atoms with van der Waals surface area (Å²) in [6.07, 6.45) is -3.76. The predicted octanol–water partition coefficient (Wildman–Crippen LogP) is 2.62. The average molecular weight is 300 g/mol. The van der Waals surface area contributed by atoms with Crippen LogP contribution in [0.3, 0.4) is 0 Å². The van der Waals surface area contributed by atoms with Crippen molar-refractivity contribution in [3.63, 3.8) is 0 Å². The zero-order valence-corrected chi connectivity index (χ0v) is 11.7. The first kappa shape index (κ1) is 15.3. The number of anilines is 2. The van der Waals surface area contributed by atoms with Crippen LogP contribution in [-0.2, 0) is 4.79 Å². The highest BCUT2D eigenvalue weighted by Gasteiger charge is 2.35. The summed E-state index contributed by atoms with van der Waals surface area (Å²) in [7, 11) is 1.43. The molecule has 0 aliphatic carbocycles. The van der Waals surface area contributed by atoms with E-state index in [-0.39, 0.29) is 12.1 Å². The smallest absolute Gasteiger partial charge is 0.363 e. The number of benzene rings is 1. The molecule has 0 atom stereocenters. The van der Waals surface area contributed by atoms with Crippen LogP contribution < -0.4 is 9.80 Å². The molecule has 21 heavy (non-hydrogen) atoms. The van der Waals surface area contributed by atoms with E-state index in [1.807, 2.05) is 0 Å². The maximum Gasteiger partial charge on any atom is 0.405 e. The second-order valence-electron chi connectivity index (χ2n) is 4.93. The van der Waals surface area contributed by atoms with Crippen LogP contribution in [0.5, 0.6) is 0 Å². The van der Waals surface area contributed by atoms with E-state index in [1.54, 1.807) is 6.92 Å². The van der Waals surface area contributed by atoms with Crippen molar-refractivity contribution in [3.05, 3.63) is 23.8 Å². The Morgan fingerprint density at radius 3 is 2.48 bits per heavy atom. The van der Waals surface area contributed by atoms with Crippen molar-refractivity contribution in [1.29, 1.82) is 0 Å². The van der Waals surface area contributed by atoms with E-state index in [2.05, 4.69) is 0 Å². The molecular formula is C14H15F3N2O2. The predicted molar refractivity (Wildman–Crippen MR) is 72.7 cm³/mol. The van der Waals surface area contributed by atoms with Gasteiger partial charge in [-0.1, -0.05) is 6.92 Å². The quantitative estimate of drug-likeness (QED) is 0.803. The summed E-state index contributed by atoms with van der Waals surface area (Å²) in [5, 5.41) is 0. The van der Waals surface area contributed by atoms with Gasteiger partial charge in [-0.2, -0.15) is 13.2 Å². The number of amides is 1. The van der Waals surface area contributed by atoms with Gasteiger partial charge in [-0.25, -0.2) is 0 Å². The van der Waals surface area contributed by atoms with Crippen LogP contribution in [-0.4, -0.2) is 38.0 Å². The van der Waals surface area contributed by atoms with Gasteiger partial charge >= 0.3 is 6.18 Å². The maximum atomic E-state index is 12.6. The van der Waals surface area contributed by atoms with Gasteiger partial charge in [0.05, 0.1) is 11.3 Å². The Balaban J connectivity index is 2.36. The number of likely N-dealkylation sites (N-methyl/N-ethyl adjacent to an activating group) is 1. The van der Waals surface area contributed by atoms with Gasteiger partial charge in [0.25, 0.3) is 11.7 Å². The lowest BCUT2D eigenvalue weighted by Gasteiger charge is -2.26. The van der Waals surface area contributed by atoms with E-state index in [4.69, 9.17) is 0 Å². The van der Waals surface area contributed by atoms with Crippen molar-refractivity contribution in [1.82, 2.24) is 0 Å². The Morgan fingerprint density at radius 2 is 1.90 bits per heavy atom. The molecule has 0 fully saturated rings. The molecule has 1 heterocycles. The largest absolute Gasteiger partial charge is 0.405 e. The van der Waals surface area contributed by atoms with Gasteiger partial charge in [0.15, 0.2) is 0 Å². The van der Waals surface area contributed by atoms with Crippen LogP contribution in [0.4, 0.5) is 24.5 Å². The number of fused-ring (bicyclic) bond motifs is 1. The molecule has 2 rings (SSSR count). The van der Waals surface area contributed by atoms with Gasteiger partial charge in [-0.3, -0.25) is 9.59 Å². The maximum absolute atomic E-state index is 12.6. The van der Waals surface area contributed by atoms with E-state index in [0.717, 1.165) is 0 Å². The number of carbonyl (C=O) groups is 2. The Hall–Kier alpha value is -2.05. The first-order chi connectivity index (χ1) is 9.74. The lowest BCUT2D eigenvalue weighted by Crippen LogP contribution is -2.34. The first-order valence-corrected chi connectivity index (χ1v) is 6.52. The molecule has 0 bridgehead atoms. The number of hydrogen-bond donors (Lipinski definition) is 0. The second-order valence-corrected chi connectivity index (χ2v) is 4.93. The fraction of sp³-hybridized carbons (Fsp3) is 0.429. The number of rotatable bonds is 4. The van der Waals surface area contributed by atoms with Gasteiger partial charge in [-0.15, -0.1) is 0 Å². The van der Waals surface area contributed by atoms with Crippen LogP contribution in [0.1, 0.15) is 23.7 Å². The van der Waals surface area contributed by atoms with Gasteiger partial charge in [0.1, 0.15) is 6.54 Å². The molecule has 0 unspecified atom stereocenters. The van der Waals surface area contributed by atoms with Crippen molar-refractivity contribution in [2.75, 3.05) is 29.9 Å². The molecule has 0 spiro atoms. The normalized spacial score (nSPS) is 14.6. The topological polar surface area (TPSA) is 40.6 Å². The fourth-order valence-corrected chi connectivity index (χ4v) is 2.35. The lowest BCUT2D eigenvalue weighted by atomic mass is 10.1. The van der Waals surface area contributed by atoms with Gasteiger partial charge in [-0.05, 0) is 24.6 Å². The molecule has 4 nitrogen and oxygen atoms in total. The minimum absolute atomic E-state index is 0.231. The van der Waals surface area contributed by atoms with Crippen LogP contribution in [0.2, 0.25) is 0 Å². The molecule has 0 radical (unpaired) electrons. The zero-order valence-electron chi connectivity index (χ0n) is 11.7. The average Bonchev–Trinajstić information content (AvgIpc) is 2.62. The Bertz CT molecular complexity index is 584. The lowest BCUT2D eigenvalue weighted by molar-refractivity contribution is -0.119. The van der Waals surface area contributed by atoms with Gasteiger partial charge in [0, 0.05) is 19.3 Å². The molecule has 1 aliphatic heterocycles. The third-order valence-corrected chi connectivity index (χ3v) is 3.31. The Kier molecular flexibility index (Phi) is 3.93. The monoisotopic (exact) mass is 300 g/mol. The van der Waals surface area contributed by atoms with Crippen LogP contribution in [0, 0.1) is 0 Å². The molecule has 7 heteroatoms.